The number of benzene rings is 2. The smallest absolute Gasteiger partial charge is 0.254 e. The second-order valence-electron chi connectivity index (χ2n) is 7.03. The molecule has 1 aliphatic rings. The second kappa shape index (κ2) is 7.91. The fraction of sp³-hybridized carbons (Fsp3) is 0.217. The lowest BCUT2D eigenvalue weighted by atomic mass is 10.1. The molecule has 0 atom stereocenters. The molecule has 0 aliphatic carbocycles. The molecular weight excluding hydrogens is 371 g/mol. The van der Waals surface area contributed by atoms with E-state index in [4.69, 9.17) is 4.42 Å². The summed E-state index contributed by atoms with van der Waals surface area (Å²) in [7, 11) is 0. The first-order valence-electron chi connectivity index (χ1n) is 9.60. The Balaban J connectivity index is 1.54. The first-order chi connectivity index (χ1) is 14.0. The molecule has 0 saturated heterocycles. The van der Waals surface area contributed by atoms with E-state index >= 15 is 0 Å². The Morgan fingerprint density at radius 3 is 2.76 bits per heavy atom. The van der Waals surface area contributed by atoms with E-state index in [2.05, 4.69) is 5.32 Å². The highest BCUT2D eigenvalue weighted by atomic mass is 19.1. The Hall–Kier alpha value is -3.41. The van der Waals surface area contributed by atoms with Gasteiger partial charge < -0.3 is 14.6 Å². The van der Waals surface area contributed by atoms with Crippen LogP contribution in [-0.4, -0.2) is 23.3 Å². The predicted molar refractivity (Wildman–Crippen MR) is 108 cm³/mol. The van der Waals surface area contributed by atoms with Crippen molar-refractivity contribution in [2.75, 3.05) is 11.9 Å². The van der Waals surface area contributed by atoms with Crippen LogP contribution in [0, 0.1) is 5.82 Å². The van der Waals surface area contributed by atoms with Crippen molar-refractivity contribution in [3.8, 4) is 11.3 Å². The molecule has 4 rings (SSSR count). The van der Waals surface area contributed by atoms with Gasteiger partial charge in [-0.1, -0.05) is 25.1 Å². The van der Waals surface area contributed by atoms with E-state index in [0.717, 1.165) is 16.9 Å². The number of carbonyl (C=O) groups is 2. The number of furan rings is 1. The quantitative estimate of drug-likeness (QED) is 0.704. The van der Waals surface area contributed by atoms with Gasteiger partial charge in [0.05, 0.1) is 0 Å². The number of halogens is 1. The number of hydrogen-bond acceptors (Lipinski definition) is 3. The standard InChI is InChI=1S/C23H21FN2O3/c1-2-22(27)25-19-8-4-5-15(12-19)21-13-17-14-26(10-9-20(17)29-21)23(28)16-6-3-7-18(24)11-16/h3-8,11-13H,2,9-10,14H2,1H3,(H,25,27). The van der Waals surface area contributed by atoms with Crippen molar-refractivity contribution in [2.45, 2.75) is 26.3 Å². The molecule has 5 nitrogen and oxygen atoms in total. The summed E-state index contributed by atoms with van der Waals surface area (Å²) in [6.45, 7) is 2.74. The minimum absolute atomic E-state index is 0.0487. The van der Waals surface area contributed by atoms with Crippen LogP contribution in [0.1, 0.15) is 35.0 Å². The minimum atomic E-state index is -0.422. The van der Waals surface area contributed by atoms with E-state index < -0.39 is 5.82 Å². The average molecular weight is 392 g/mol. The third-order valence-electron chi connectivity index (χ3n) is 4.98. The minimum Gasteiger partial charge on any atom is -0.461 e. The van der Waals surface area contributed by atoms with E-state index in [1.807, 2.05) is 30.3 Å². The Kier molecular flexibility index (Phi) is 5.16. The van der Waals surface area contributed by atoms with Crippen molar-refractivity contribution in [1.82, 2.24) is 4.90 Å². The molecule has 0 saturated carbocycles. The van der Waals surface area contributed by atoms with Gasteiger partial charge in [0.25, 0.3) is 5.91 Å². The van der Waals surface area contributed by atoms with Gasteiger partial charge >= 0.3 is 0 Å². The van der Waals surface area contributed by atoms with Crippen molar-refractivity contribution in [3.63, 3.8) is 0 Å². The van der Waals surface area contributed by atoms with Crippen molar-refractivity contribution < 1.29 is 18.4 Å². The monoisotopic (exact) mass is 392 g/mol. The van der Waals surface area contributed by atoms with Gasteiger partial charge in [0, 0.05) is 48.3 Å². The van der Waals surface area contributed by atoms with Crippen molar-refractivity contribution in [1.29, 1.82) is 0 Å². The Labute approximate surface area is 168 Å². The molecule has 0 spiro atoms. The Morgan fingerprint density at radius 1 is 1.14 bits per heavy atom. The normalized spacial score (nSPS) is 13.1. The number of fused-ring (bicyclic) bond motifs is 1. The summed E-state index contributed by atoms with van der Waals surface area (Å²) < 4.78 is 19.5. The van der Waals surface area contributed by atoms with Gasteiger partial charge in [-0.2, -0.15) is 0 Å². The summed E-state index contributed by atoms with van der Waals surface area (Å²) >= 11 is 0. The molecule has 2 heterocycles. The highest BCUT2D eigenvalue weighted by molar-refractivity contribution is 5.94. The van der Waals surface area contributed by atoms with Crippen molar-refractivity contribution >= 4 is 17.5 Å². The average Bonchev–Trinajstić information content (AvgIpc) is 3.17. The summed E-state index contributed by atoms with van der Waals surface area (Å²) in [4.78, 5) is 26.0. The van der Waals surface area contributed by atoms with Gasteiger partial charge in [-0.05, 0) is 36.4 Å². The van der Waals surface area contributed by atoms with Crippen LogP contribution in [0.15, 0.2) is 59.0 Å². The van der Waals surface area contributed by atoms with Crippen LogP contribution in [0.4, 0.5) is 10.1 Å². The number of amides is 2. The summed E-state index contributed by atoms with van der Waals surface area (Å²) in [5.41, 5.74) is 2.86. The zero-order valence-electron chi connectivity index (χ0n) is 16.1. The second-order valence-corrected chi connectivity index (χ2v) is 7.03. The maximum Gasteiger partial charge on any atom is 0.254 e. The van der Waals surface area contributed by atoms with Crippen LogP contribution in [0.25, 0.3) is 11.3 Å². The van der Waals surface area contributed by atoms with Gasteiger partial charge in [-0.3, -0.25) is 9.59 Å². The fourth-order valence-electron chi connectivity index (χ4n) is 3.45. The molecule has 0 radical (unpaired) electrons. The van der Waals surface area contributed by atoms with Crippen LogP contribution in [0.5, 0.6) is 0 Å². The maximum atomic E-state index is 13.4. The molecule has 29 heavy (non-hydrogen) atoms. The summed E-state index contributed by atoms with van der Waals surface area (Å²) in [5.74, 6) is 0.887. The van der Waals surface area contributed by atoms with Crippen molar-refractivity contribution in [3.05, 3.63) is 77.3 Å². The van der Waals surface area contributed by atoms with Gasteiger partial charge in [0.1, 0.15) is 17.3 Å². The summed E-state index contributed by atoms with van der Waals surface area (Å²) in [5, 5.41) is 2.84. The van der Waals surface area contributed by atoms with E-state index in [1.54, 1.807) is 17.9 Å². The molecule has 148 valence electrons. The fourth-order valence-corrected chi connectivity index (χ4v) is 3.45. The number of nitrogens with zero attached hydrogens (tertiary/aromatic N) is 1. The van der Waals surface area contributed by atoms with Crippen LogP contribution >= 0.6 is 0 Å². The van der Waals surface area contributed by atoms with Crippen LogP contribution in [-0.2, 0) is 17.8 Å². The number of anilines is 1. The molecule has 1 aliphatic heterocycles. The number of nitrogens with one attached hydrogen (secondary N) is 1. The van der Waals surface area contributed by atoms with E-state index in [-0.39, 0.29) is 11.8 Å². The molecule has 3 aromatic rings. The summed E-state index contributed by atoms with van der Waals surface area (Å²) in [6, 6.07) is 15.2. The maximum absolute atomic E-state index is 13.4. The van der Waals surface area contributed by atoms with Gasteiger partial charge in [0.15, 0.2) is 0 Å². The van der Waals surface area contributed by atoms with Gasteiger partial charge in [0.2, 0.25) is 5.91 Å². The highest BCUT2D eigenvalue weighted by Crippen LogP contribution is 2.31. The molecule has 0 fully saturated rings. The first kappa shape index (κ1) is 18.9. The van der Waals surface area contributed by atoms with E-state index in [1.165, 1.54) is 18.2 Å². The van der Waals surface area contributed by atoms with Crippen LogP contribution in [0.2, 0.25) is 0 Å². The number of rotatable bonds is 4. The van der Waals surface area contributed by atoms with Crippen LogP contribution in [0.3, 0.4) is 0 Å². The number of hydrogen-bond donors (Lipinski definition) is 1. The van der Waals surface area contributed by atoms with Gasteiger partial charge in [-0.25, -0.2) is 4.39 Å². The molecule has 1 N–H and O–H groups in total. The Bertz CT molecular complexity index is 1070. The lowest BCUT2D eigenvalue weighted by Crippen LogP contribution is -2.35. The van der Waals surface area contributed by atoms with Crippen molar-refractivity contribution in [2.24, 2.45) is 0 Å². The molecular formula is C23H21FN2O3. The third kappa shape index (κ3) is 4.06. The van der Waals surface area contributed by atoms with Crippen LogP contribution < -0.4 is 5.32 Å². The van der Waals surface area contributed by atoms with E-state index in [0.29, 0.717) is 42.9 Å². The lowest BCUT2D eigenvalue weighted by Gasteiger charge is -2.26. The largest absolute Gasteiger partial charge is 0.461 e. The van der Waals surface area contributed by atoms with E-state index in [9.17, 15) is 14.0 Å². The van der Waals surface area contributed by atoms with Gasteiger partial charge in [-0.15, -0.1) is 0 Å². The molecule has 1 aromatic heterocycles. The predicted octanol–water partition coefficient (Wildman–Crippen LogP) is 4.63. The summed E-state index contributed by atoms with van der Waals surface area (Å²) in [6.07, 6.45) is 1.01. The molecule has 2 amide bonds. The highest BCUT2D eigenvalue weighted by Gasteiger charge is 2.25. The SMILES string of the molecule is CCC(=O)Nc1cccc(-c2cc3c(o2)CCN(C(=O)c2cccc(F)c2)C3)c1. The first-order valence-corrected chi connectivity index (χ1v) is 9.60. The molecule has 6 heteroatoms. The zero-order chi connectivity index (χ0) is 20.4. The molecule has 2 aromatic carbocycles. The zero-order valence-corrected chi connectivity index (χ0v) is 16.1. The topological polar surface area (TPSA) is 62.6 Å². The molecule has 0 bridgehead atoms. The molecule has 0 unspecified atom stereocenters. The number of carbonyl (C=O) groups excluding carboxylic acids is 2. The Morgan fingerprint density at radius 2 is 1.97 bits per heavy atom. The third-order valence-corrected chi connectivity index (χ3v) is 4.98. The lowest BCUT2D eigenvalue weighted by molar-refractivity contribution is -0.115.